The van der Waals surface area contributed by atoms with Crippen LogP contribution in [0.5, 0.6) is 0 Å². The van der Waals surface area contributed by atoms with Crippen molar-refractivity contribution in [2.75, 3.05) is 7.11 Å². The van der Waals surface area contributed by atoms with Gasteiger partial charge in [0.25, 0.3) is 0 Å². The van der Waals surface area contributed by atoms with Gasteiger partial charge in [-0.1, -0.05) is 52.7 Å². The van der Waals surface area contributed by atoms with E-state index in [1.54, 1.807) is 0 Å². The summed E-state index contributed by atoms with van der Waals surface area (Å²) < 4.78 is 10.4. The van der Waals surface area contributed by atoms with Crippen molar-refractivity contribution < 1.29 is 19.1 Å². The van der Waals surface area contributed by atoms with Crippen molar-refractivity contribution >= 4 is 15.7 Å². The summed E-state index contributed by atoms with van der Waals surface area (Å²) in [6.07, 6.45) is 7.03. The van der Waals surface area contributed by atoms with Crippen molar-refractivity contribution in [3.8, 4) is 0 Å². The molecule has 0 amide bonds. The predicted octanol–water partition coefficient (Wildman–Crippen LogP) is 3.27. The van der Waals surface area contributed by atoms with Crippen LogP contribution in [0.3, 0.4) is 0 Å². The first-order chi connectivity index (χ1) is 9.80. The number of carbonyl (C=O) groups excluding carboxylic acids is 1. The summed E-state index contributed by atoms with van der Waals surface area (Å²) in [5.41, 5.74) is 0. The lowest BCUT2D eigenvalue weighted by molar-refractivity contribution is -0.143. The molecule has 21 heavy (non-hydrogen) atoms. The Morgan fingerprint density at radius 1 is 1.33 bits per heavy atom. The molecular formula is C16H30O4Si. The van der Waals surface area contributed by atoms with Crippen LogP contribution in [0.25, 0.3) is 0 Å². The molecule has 0 heterocycles. The van der Waals surface area contributed by atoms with Gasteiger partial charge < -0.3 is 14.3 Å². The lowest BCUT2D eigenvalue weighted by atomic mass is 10.1. The Morgan fingerprint density at radius 3 is 2.52 bits per heavy atom. The molecule has 0 spiro atoms. The fourth-order valence-corrected chi connectivity index (χ4v) is 2.33. The van der Waals surface area contributed by atoms with Crippen molar-refractivity contribution in [2.24, 2.45) is 0 Å². The van der Waals surface area contributed by atoms with Gasteiger partial charge in [-0.05, 0) is 17.9 Å². The lowest BCUT2D eigenvalue weighted by Gasteiger charge is -2.24. The SMILES string of the molecule is CCCCCC=C[C@H](O[Si]C(C)(C)C)[C@@H](O)CC(=O)OC. The van der Waals surface area contributed by atoms with Crippen LogP contribution in [-0.4, -0.2) is 40.2 Å². The third-order valence-electron chi connectivity index (χ3n) is 2.78. The van der Waals surface area contributed by atoms with Gasteiger partial charge in [0.05, 0.1) is 25.7 Å². The van der Waals surface area contributed by atoms with Crippen molar-refractivity contribution in [1.29, 1.82) is 0 Å². The Labute approximate surface area is 131 Å². The maximum absolute atomic E-state index is 11.3. The molecule has 0 saturated heterocycles. The number of aliphatic hydroxyl groups excluding tert-OH is 1. The summed E-state index contributed by atoms with van der Waals surface area (Å²) in [7, 11) is 1.58. The molecular weight excluding hydrogens is 284 g/mol. The molecule has 2 atom stereocenters. The van der Waals surface area contributed by atoms with E-state index in [-0.39, 0.29) is 21.2 Å². The van der Waals surface area contributed by atoms with Crippen molar-refractivity contribution in [3.63, 3.8) is 0 Å². The fraction of sp³-hybridized carbons (Fsp3) is 0.812. The number of hydrogen-bond acceptors (Lipinski definition) is 4. The number of ether oxygens (including phenoxy) is 1. The lowest BCUT2D eigenvalue weighted by Crippen LogP contribution is -2.33. The standard InChI is InChI=1S/C16H30O4Si/c1-6-7-8-9-10-11-14(20-21-16(2,3)4)13(17)12-15(18)19-5/h10-11,13-14,17H,6-9,12H2,1-5H3/t13-,14-/m0/s1. The number of aliphatic hydroxyl groups is 1. The summed E-state index contributed by atoms with van der Waals surface area (Å²) in [6.45, 7) is 8.42. The van der Waals surface area contributed by atoms with Gasteiger partial charge in [0.1, 0.15) is 0 Å². The summed E-state index contributed by atoms with van der Waals surface area (Å²) >= 11 is 0. The van der Waals surface area contributed by atoms with Gasteiger partial charge in [-0.15, -0.1) is 0 Å². The Morgan fingerprint density at radius 2 is 2.00 bits per heavy atom. The molecule has 0 bridgehead atoms. The minimum atomic E-state index is -0.866. The van der Waals surface area contributed by atoms with Crippen molar-refractivity contribution in [1.82, 2.24) is 0 Å². The maximum atomic E-state index is 11.3. The first kappa shape index (κ1) is 20.3. The van der Waals surface area contributed by atoms with Crippen LogP contribution in [-0.2, 0) is 14.0 Å². The molecule has 0 aromatic rings. The molecule has 0 unspecified atom stereocenters. The number of allylic oxidation sites excluding steroid dienone is 1. The first-order valence-corrected chi connectivity index (χ1v) is 8.55. The third-order valence-corrected chi connectivity index (χ3v) is 3.79. The molecule has 2 radical (unpaired) electrons. The third kappa shape index (κ3) is 11.7. The molecule has 0 rings (SSSR count). The van der Waals surface area contributed by atoms with Crippen LogP contribution >= 0.6 is 0 Å². The predicted molar refractivity (Wildman–Crippen MR) is 86.3 cm³/mol. The van der Waals surface area contributed by atoms with E-state index < -0.39 is 18.2 Å². The summed E-state index contributed by atoms with van der Waals surface area (Å²) in [4.78, 5) is 11.3. The highest BCUT2D eigenvalue weighted by Gasteiger charge is 2.24. The molecule has 0 fully saturated rings. The van der Waals surface area contributed by atoms with Gasteiger partial charge in [0.2, 0.25) is 9.76 Å². The van der Waals surface area contributed by atoms with E-state index in [0.717, 1.165) is 12.8 Å². The van der Waals surface area contributed by atoms with E-state index in [9.17, 15) is 9.90 Å². The molecule has 0 aromatic heterocycles. The molecule has 0 saturated carbocycles. The zero-order valence-corrected chi connectivity index (χ0v) is 15.0. The smallest absolute Gasteiger partial charge is 0.308 e. The maximum Gasteiger partial charge on any atom is 0.308 e. The molecule has 0 aromatic carbocycles. The number of methoxy groups -OCH3 is 1. The zero-order chi connectivity index (χ0) is 16.3. The molecule has 5 heteroatoms. The van der Waals surface area contributed by atoms with Gasteiger partial charge in [-0.25, -0.2) is 0 Å². The highest BCUT2D eigenvalue weighted by atomic mass is 28.2. The average molecular weight is 314 g/mol. The molecule has 1 N–H and O–H groups in total. The number of carbonyl (C=O) groups is 1. The van der Waals surface area contributed by atoms with E-state index in [1.807, 2.05) is 12.2 Å². The molecule has 0 aliphatic rings. The molecule has 0 aliphatic heterocycles. The Kier molecular flexibility index (Phi) is 10.6. The Hall–Kier alpha value is -0.653. The Balaban J connectivity index is 4.48. The van der Waals surface area contributed by atoms with Crippen LogP contribution in [0.4, 0.5) is 0 Å². The highest BCUT2D eigenvalue weighted by molar-refractivity contribution is 6.31. The van der Waals surface area contributed by atoms with E-state index in [1.165, 1.54) is 20.0 Å². The summed E-state index contributed by atoms with van der Waals surface area (Å²) in [6, 6.07) is 0. The fourth-order valence-electron chi connectivity index (χ4n) is 1.60. The van der Waals surface area contributed by atoms with E-state index >= 15 is 0 Å². The van der Waals surface area contributed by atoms with E-state index in [2.05, 4.69) is 32.4 Å². The zero-order valence-electron chi connectivity index (χ0n) is 14.0. The molecule has 4 nitrogen and oxygen atoms in total. The monoisotopic (exact) mass is 314 g/mol. The van der Waals surface area contributed by atoms with Crippen LogP contribution in [0.15, 0.2) is 12.2 Å². The second kappa shape index (κ2) is 11.0. The Bertz CT molecular complexity index is 310. The van der Waals surface area contributed by atoms with Crippen LogP contribution in [0, 0.1) is 0 Å². The van der Waals surface area contributed by atoms with Crippen molar-refractivity contribution in [2.45, 2.75) is 77.0 Å². The van der Waals surface area contributed by atoms with Crippen LogP contribution in [0.1, 0.15) is 59.8 Å². The van der Waals surface area contributed by atoms with Crippen LogP contribution in [0.2, 0.25) is 5.04 Å². The number of rotatable bonds is 10. The van der Waals surface area contributed by atoms with Gasteiger partial charge in [0.15, 0.2) is 0 Å². The first-order valence-electron chi connectivity index (χ1n) is 7.64. The van der Waals surface area contributed by atoms with E-state index in [4.69, 9.17) is 4.43 Å². The van der Waals surface area contributed by atoms with Gasteiger partial charge >= 0.3 is 5.97 Å². The topological polar surface area (TPSA) is 55.8 Å². The number of hydrogen-bond donors (Lipinski definition) is 1. The molecule has 0 aliphatic carbocycles. The minimum Gasteiger partial charge on any atom is -0.469 e. The normalized spacial score (nSPS) is 15.1. The van der Waals surface area contributed by atoms with E-state index in [0.29, 0.717) is 0 Å². The van der Waals surface area contributed by atoms with Gasteiger partial charge in [0, 0.05) is 0 Å². The minimum absolute atomic E-state index is 0.0410. The number of unbranched alkanes of at least 4 members (excludes halogenated alkanes) is 3. The van der Waals surface area contributed by atoms with Crippen LogP contribution < -0.4 is 0 Å². The summed E-state index contributed by atoms with van der Waals surface area (Å²) in [5.74, 6) is -0.422. The average Bonchev–Trinajstić information content (AvgIpc) is 2.40. The van der Waals surface area contributed by atoms with Gasteiger partial charge in [-0.3, -0.25) is 4.79 Å². The summed E-state index contributed by atoms with van der Waals surface area (Å²) in [5, 5.41) is 10.2. The highest BCUT2D eigenvalue weighted by Crippen LogP contribution is 2.22. The largest absolute Gasteiger partial charge is 0.469 e. The quantitative estimate of drug-likeness (QED) is 0.291. The number of esters is 1. The van der Waals surface area contributed by atoms with Crippen molar-refractivity contribution in [3.05, 3.63) is 12.2 Å². The second-order valence-corrected chi connectivity index (χ2v) is 8.15. The second-order valence-electron chi connectivity index (χ2n) is 6.21. The van der Waals surface area contributed by atoms with Gasteiger partial charge in [-0.2, -0.15) is 0 Å². The molecule has 122 valence electrons.